The molecular formula is C20H22N2O6S. The maximum atomic E-state index is 12.6. The fraction of sp³-hybridized carbons (Fsp3) is 0.300. The molecule has 8 nitrogen and oxygen atoms in total. The maximum Gasteiger partial charge on any atom is 0.339 e. The van der Waals surface area contributed by atoms with E-state index in [0.29, 0.717) is 32.7 Å². The number of sulfonamides is 1. The predicted molar refractivity (Wildman–Crippen MR) is 105 cm³/mol. The highest BCUT2D eigenvalue weighted by molar-refractivity contribution is 7.89. The minimum Gasteiger partial charge on any atom is -0.478 e. The fourth-order valence-corrected chi connectivity index (χ4v) is 4.57. The summed E-state index contributed by atoms with van der Waals surface area (Å²) in [5.74, 6) is -1.87. The highest BCUT2D eigenvalue weighted by Crippen LogP contribution is 2.17. The van der Waals surface area contributed by atoms with E-state index in [2.05, 4.69) is 0 Å². The highest BCUT2D eigenvalue weighted by Gasteiger charge is 2.28. The second-order valence-corrected chi connectivity index (χ2v) is 8.48. The van der Waals surface area contributed by atoms with Gasteiger partial charge in [-0.25, -0.2) is 18.0 Å². The van der Waals surface area contributed by atoms with Crippen LogP contribution in [0.2, 0.25) is 0 Å². The lowest BCUT2D eigenvalue weighted by molar-refractivity contribution is 0.0437. The molecule has 9 heteroatoms. The Balaban J connectivity index is 1.48. The number of benzene rings is 2. The SMILES string of the molecule is O=C(O)c1ccccc1C(=O)OCCN1CCN(S(=O)(=O)c2ccccc2)CC1. The molecule has 0 unspecified atom stereocenters. The Morgan fingerprint density at radius 3 is 2.10 bits per heavy atom. The van der Waals surface area contributed by atoms with Crippen LogP contribution < -0.4 is 0 Å². The van der Waals surface area contributed by atoms with E-state index in [0.717, 1.165) is 0 Å². The minimum atomic E-state index is -3.50. The molecular weight excluding hydrogens is 396 g/mol. The first kappa shape index (κ1) is 21.0. The first-order valence-electron chi connectivity index (χ1n) is 9.16. The van der Waals surface area contributed by atoms with E-state index in [1.54, 1.807) is 42.5 Å². The Hall–Kier alpha value is -2.75. The molecule has 0 spiro atoms. The lowest BCUT2D eigenvalue weighted by Crippen LogP contribution is -2.49. The van der Waals surface area contributed by atoms with Crippen molar-refractivity contribution >= 4 is 22.0 Å². The zero-order valence-corrected chi connectivity index (χ0v) is 16.5. The van der Waals surface area contributed by atoms with E-state index >= 15 is 0 Å². The normalized spacial score (nSPS) is 15.7. The maximum absolute atomic E-state index is 12.6. The van der Waals surface area contributed by atoms with Crippen LogP contribution in [-0.4, -0.2) is 74.0 Å². The van der Waals surface area contributed by atoms with Crippen LogP contribution in [-0.2, 0) is 14.8 Å². The van der Waals surface area contributed by atoms with Gasteiger partial charge in [0.25, 0.3) is 0 Å². The largest absolute Gasteiger partial charge is 0.478 e. The minimum absolute atomic E-state index is 0.0128. The first-order chi connectivity index (χ1) is 13.9. The van der Waals surface area contributed by atoms with Crippen LogP contribution >= 0.6 is 0 Å². The predicted octanol–water partition coefficient (Wildman–Crippen LogP) is 1.55. The quantitative estimate of drug-likeness (QED) is 0.680. The molecule has 1 saturated heterocycles. The summed E-state index contributed by atoms with van der Waals surface area (Å²) in [6.45, 7) is 2.29. The zero-order chi connectivity index (χ0) is 20.9. The molecule has 0 amide bonds. The molecule has 0 bridgehead atoms. The number of hydrogen-bond acceptors (Lipinski definition) is 6. The van der Waals surface area contributed by atoms with Crippen LogP contribution in [0.4, 0.5) is 0 Å². The topological polar surface area (TPSA) is 104 Å². The summed E-state index contributed by atoms with van der Waals surface area (Å²) >= 11 is 0. The number of ether oxygens (including phenoxy) is 1. The van der Waals surface area contributed by atoms with E-state index in [4.69, 9.17) is 9.84 Å². The van der Waals surface area contributed by atoms with Crippen molar-refractivity contribution in [2.75, 3.05) is 39.3 Å². The lowest BCUT2D eigenvalue weighted by Gasteiger charge is -2.33. The number of hydrogen-bond donors (Lipinski definition) is 1. The van der Waals surface area contributed by atoms with Gasteiger partial charge in [0.1, 0.15) is 6.61 Å². The molecule has 2 aromatic carbocycles. The molecule has 0 aromatic heterocycles. The number of carbonyl (C=O) groups excluding carboxylic acids is 1. The molecule has 1 N–H and O–H groups in total. The van der Waals surface area contributed by atoms with Gasteiger partial charge in [0.2, 0.25) is 10.0 Å². The molecule has 1 aliphatic heterocycles. The Morgan fingerprint density at radius 1 is 0.897 bits per heavy atom. The number of carboxylic acid groups (broad SMARTS) is 1. The Kier molecular flexibility index (Phi) is 6.63. The van der Waals surface area contributed by atoms with E-state index in [-0.39, 0.29) is 22.6 Å². The van der Waals surface area contributed by atoms with Gasteiger partial charge >= 0.3 is 11.9 Å². The summed E-state index contributed by atoms with van der Waals surface area (Å²) in [6, 6.07) is 14.2. The summed E-state index contributed by atoms with van der Waals surface area (Å²) < 4.78 is 31.9. The van der Waals surface area contributed by atoms with Crippen molar-refractivity contribution < 1.29 is 27.9 Å². The summed E-state index contributed by atoms with van der Waals surface area (Å²) in [5, 5.41) is 9.15. The van der Waals surface area contributed by atoms with Gasteiger partial charge in [-0.2, -0.15) is 4.31 Å². The highest BCUT2D eigenvalue weighted by atomic mass is 32.2. The number of carbonyl (C=O) groups is 2. The van der Waals surface area contributed by atoms with Gasteiger partial charge in [0, 0.05) is 32.7 Å². The second-order valence-electron chi connectivity index (χ2n) is 6.55. The zero-order valence-electron chi connectivity index (χ0n) is 15.7. The molecule has 0 radical (unpaired) electrons. The van der Waals surface area contributed by atoms with Gasteiger partial charge in [-0.3, -0.25) is 4.90 Å². The van der Waals surface area contributed by atoms with Gasteiger partial charge in [0.05, 0.1) is 16.0 Å². The summed E-state index contributed by atoms with van der Waals surface area (Å²) in [4.78, 5) is 25.6. The van der Waals surface area contributed by atoms with Gasteiger partial charge in [-0.05, 0) is 24.3 Å². The van der Waals surface area contributed by atoms with Gasteiger partial charge in [0.15, 0.2) is 0 Å². The van der Waals surface area contributed by atoms with Crippen LogP contribution in [0.5, 0.6) is 0 Å². The molecule has 0 atom stereocenters. The standard InChI is InChI=1S/C20H22N2O6S/c23-19(24)17-8-4-5-9-18(17)20(25)28-15-14-21-10-12-22(13-11-21)29(26,27)16-6-2-1-3-7-16/h1-9H,10-15H2,(H,23,24). The Morgan fingerprint density at radius 2 is 1.48 bits per heavy atom. The summed E-state index contributed by atoms with van der Waals surface area (Å²) in [7, 11) is -3.50. The monoisotopic (exact) mass is 418 g/mol. The van der Waals surface area contributed by atoms with E-state index < -0.39 is 22.0 Å². The van der Waals surface area contributed by atoms with Crippen LogP contribution in [0.15, 0.2) is 59.5 Å². The van der Waals surface area contributed by atoms with Crippen molar-refractivity contribution in [1.29, 1.82) is 0 Å². The molecule has 0 saturated carbocycles. The number of aromatic carboxylic acids is 1. The van der Waals surface area contributed by atoms with Gasteiger partial charge < -0.3 is 9.84 Å². The first-order valence-corrected chi connectivity index (χ1v) is 10.6. The smallest absolute Gasteiger partial charge is 0.339 e. The Labute approximate surface area is 169 Å². The molecule has 0 aliphatic carbocycles. The second kappa shape index (κ2) is 9.17. The third-order valence-corrected chi connectivity index (χ3v) is 6.64. The van der Waals surface area contributed by atoms with Gasteiger partial charge in [-0.15, -0.1) is 0 Å². The van der Waals surface area contributed by atoms with Crippen molar-refractivity contribution in [3.63, 3.8) is 0 Å². The van der Waals surface area contributed by atoms with Crippen LogP contribution in [0, 0.1) is 0 Å². The molecule has 1 aliphatic rings. The molecule has 29 heavy (non-hydrogen) atoms. The van der Waals surface area contributed by atoms with Gasteiger partial charge in [-0.1, -0.05) is 30.3 Å². The van der Waals surface area contributed by atoms with Crippen molar-refractivity contribution in [3.8, 4) is 0 Å². The molecule has 1 heterocycles. The van der Waals surface area contributed by atoms with Crippen LogP contribution in [0.1, 0.15) is 20.7 Å². The average Bonchev–Trinajstić information content (AvgIpc) is 2.74. The summed E-state index contributed by atoms with van der Waals surface area (Å²) in [6.07, 6.45) is 0. The van der Waals surface area contributed by atoms with Crippen molar-refractivity contribution in [2.45, 2.75) is 4.90 Å². The number of nitrogens with zero attached hydrogens (tertiary/aromatic N) is 2. The average molecular weight is 418 g/mol. The number of esters is 1. The Bertz CT molecular complexity index is 969. The number of piperazine rings is 1. The van der Waals surface area contributed by atoms with Crippen LogP contribution in [0.3, 0.4) is 0 Å². The number of carboxylic acids is 1. The van der Waals surface area contributed by atoms with Crippen molar-refractivity contribution in [2.24, 2.45) is 0 Å². The van der Waals surface area contributed by atoms with Crippen molar-refractivity contribution in [1.82, 2.24) is 9.21 Å². The van der Waals surface area contributed by atoms with Crippen molar-refractivity contribution in [3.05, 3.63) is 65.7 Å². The fourth-order valence-electron chi connectivity index (χ4n) is 3.13. The molecule has 3 rings (SSSR count). The number of rotatable bonds is 7. The third kappa shape index (κ3) is 5.00. The van der Waals surface area contributed by atoms with E-state index in [1.165, 1.54) is 16.4 Å². The molecule has 2 aromatic rings. The van der Waals surface area contributed by atoms with E-state index in [1.807, 2.05) is 4.90 Å². The molecule has 1 fully saturated rings. The third-order valence-electron chi connectivity index (χ3n) is 4.73. The van der Waals surface area contributed by atoms with Crippen LogP contribution in [0.25, 0.3) is 0 Å². The van der Waals surface area contributed by atoms with E-state index in [9.17, 15) is 18.0 Å². The lowest BCUT2D eigenvalue weighted by atomic mass is 10.1. The summed E-state index contributed by atoms with van der Waals surface area (Å²) in [5.41, 5.74) is -0.0870. The molecule has 154 valence electrons.